The van der Waals surface area contributed by atoms with Crippen LogP contribution in [-0.2, 0) is 9.59 Å². The summed E-state index contributed by atoms with van der Waals surface area (Å²) in [6, 6.07) is -0.882. The summed E-state index contributed by atoms with van der Waals surface area (Å²) >= 11 is 0. The number of nitrogens with two attached hydrogens (primary N) is 1. The van der Waals surface area contributed by atoms with Crippen molar-refractivity contribution in [3.8, 4) is 0 Å². The van der Waals surface area contributed by atoms with Crippen LogP contribution >= 0.6 is 0 Å². The first-order valence-electron chi connectivity index (χ1n) is 5.55. The Kier molecular flexibility index (Phi) is 5.44. The molecule has 0 aromatic heterocycles. The van der Waals surface area contributed by atoms with Gasteiger partial charge in [0.05, 0.1) is 5.54 Å². The third-order valence-corrected chi connectivity index (χ3v) is 2.51. The molecule has 0 rings (SSSR count). The highest BCUT2D eigenvalue weighted by Crippen LogP contribution is 2.10. The molecule has 0 aliphatic carbocycles. The Hall–Kier alpha value is -1.10. The van der Waals surface area contributed by atoms with Gasteiger partial charge in [0.25, 0.3) is 0 Å². The van der Waals surface area contributed by atoms with Crippen molar-refractivity contribution in [1.82, 2.24) is 5.32 Å². The zero-order valence-corrected chi connectivity index (χ0v) is 10.4. The maximum Gasteiger partial charge on any atom is 0.326 e. The molecule has 0 aromatic rings. The van der Waals surface area contributed by atoms with Crippen molar-refractivity contribution >= 4 is 11.9 Å². The molecule has 5 heteroatoms. The van der Waals surface area contributed by atoms with E-state index in [9.17, 15) is 9.59 Å². The van der Waals surface area contributed by atoms with Crippen molar-refractivity contribution in [2.75, 3.05) is 0 Å². The van der Waals surface area contributed by atoms with Crippen LogP contribution in [0.2, 0.25) is 0 Å². The molecule has 1 amide bonds. The average Bonchev–Trinajstić information content (AvgIpc) is 2.12. The molecule has 0 saturated carbocycles. The lowest BCUT2D eigenvalue weighted by atomic mass is 9.95. The fraction of sp³-hybridized carbons (Fsp3) is 0.818. The maximum absolute atomic E-state index is 11.8. The van der Waals surface area contributed by atoms with E-state index >= 15 is 0 Å². The van der Waals surface area contributed by atoms with Gasteiger partial charge in [0, 0.05) is 0 Å². The van der Waals surface area contributed by atoms with Gasteiger partial charge in [-0.3, -0.25) is 4.79 Å². The van der Waals surface area contributed by atoms with Gasteiger partial charge in [0.1, 0.15) is 6.04 Å². The van der Waals surface area contributed by atoms with Gasteiger partial charge in [-0.2, -0.15) is 0 Å². The van der Waals surface area contributed by atoms with Crippen LogP contribution in [0.15, 0.2) is 0 Å². The molecule has 0 bridgehead atoms. The molecule has 0 spiro atoms. The van der Waals surface area contributed by atoms with Crippen molar-refractivity contribution in [2.45, 2.75) is 52.1 Å². The monoisotopic (exact) mass is 230 g/mol. The molecule has 16 heavy (non-hydrogen) atoms. The van der Waals surface area contributed by atoms with E-state index in [1.54, 1.807) is 20.8 Å². The number of carbonyl (C=O) groups excluding carboxylic acids is 1. The molecular formula is C11H22N2O3. The molecule has 0 fully saturated rings. The largest absolute Gasteiger partial charge is 0.480 e. The molecule has 0 aliphatic heterocycles. The van der Waals surface area contributed by atoms with Crippen molar-refractivity contribution in [3.63, 3.8) is 0 Å². The van der Waals surface area contributed by atoms with Crippen LogP contribution < -0.4 is 11.1 Å². The van der Waals surface area contributed by atoms with Gasteiger partial charge in [-0.25, -0.2) is 4.79 Å². The highest BCUT2D eigenvalue weighted by Gasteiger charge is 2.32. The predicted molar refractivity (Wildman–Crippen MR) is 61.9 cm³/mol. The third kappa shape index (κ3) is 4.18. The van der Waals surface area contributed by atoms with E-state index in [0.29, 0.717) is 6.42 Å². The highest BCUT2D eigenvalue weighted by atomic mass is 16.4. The van der Waals surface area contributed by atoms with Crippen LogP contribution in [0.4, 0.5) is 0 Å². The van der Waals surface area contributed by atoms with E-state index in [-0.39, 0.29) is 5.92 Å². The Morgan fingerprint density at radius 3 is 2.25 bits per heavy atom. The van der Waals surface area contributed by atoms with E-state index in [0.717, 1.165) is 6.42 Å². The minimum Gasteiger partial charge on any atom is -0.480 e. The molecule has 0 aliphatic rings. The molecule has 0 heterocycles. The molecule has 5 nitrogen and oxygen atoms in total. The van der Waals surface area contributed by atoms with Crippen molar-refractivity contribution in [2.24, 2.45) is 11.7 Å². The number of nitrogens with one attached hydrogen (secondary N) is 1. The first-order chi connectivity index (χ1) is 7.22. The Labute approximate surface area is 96.4 Å². The second-order valence-electron chi connectivity index (χ2n) is 4.70. The zero-order chi connectivity index (χ0) is 12.9. The predicted octanol–water partition coefficient (Wildman–Crippen LogP) is 0.729. The summed E-state index contributed by atoms with van der Waals surface area (Å²) in [4.78, 5) is 22.7. The Balaban J connectivity index is 4.58. The summed E-state index contributed by atoms with van der Waals surface area (Å²) in [6.07, 6.45) is 1.31. The number of aliphatic carboxylic acids is 1. The summed E-state index contributed by atoms with van der Waals surface area (Å²) in [5.74, 6) is -1.61. The smallest absolute Gasteiger partial charge is 0.326 e. The second-order valence-corrected chi connectivity index (χ2v) is 4.70. The van der Waals surface area contributed by atoms with E-state index in [1.807, 2.05) is 6.92 Å². The molecular weight excluding hydrogens is 208 g/mol. The minimum absolute atomic E-state index is 0.168. The number of hydrogen-bond donors (Lipinski definition) is 3. The van der Waals surface area contributed by atoms with Crippen molar-refractivity contribution < 1.29 is 14.7 Å². The van der Waals surface area contributed by atoms with Crippen LogP contribution in [0.25, 0.3) is 0 Å². The quantitative estimate of drug-likeness (QED) is 0.627. The molecule has 0 radical (unpaired) electrons. The number of amides is 1. The Morgan fingerprint density at radius 1 is 1.44 bits per heavy atom. The summed E-state index contributed by atoms with van der Waals surface area (Å²) in [6.45, 7) is 7.03. The molecule has 0 saturated heterocycles. The van der Waals surface area contributed by atoms with Gasteiger partial charge in [-0.15, -0.1) is 0 Å². The van der Waals surface area contributed by atoms with Gasteiger partial charge >= 0.3 is 5.97 Å². The van der Waals surface area contributed by atoms with E-state index in [4.69, 9.17) is 10.8 Å². The minimum atomic E-state index is -1.03. The number of carboxylic acids is 1. The normalized spacial score (nSPS) is 16.6. The first kappa shape index (κ1) is 14.9. The van der Waals surface area contributed by atoms with Crippen molar-refractivity contribution in [1.29, 1.82) is 0 Å². The van der Waals surface area contributed by atoms with Crippen LogP contribution in [0.5, 0.6) is 0 Å². The Bertz CT molecular complexity index is 262. The molecule has 2 atom stereocenters. The number of rotatable bonds is 6. The lowest BCUT2D eigenvalue weighted by Crippen LogP contribution is -2.56. The fourth-order valence-electron chi connectivity index (χ4n) is 1.45. The SMILES string of the molecule is CCCC(C)(N)C(=O)N[C@H](C(=O)O)C(C)C. The van der Waals surface area contributed by atoms with Gasteiger partial charge in [0.15, 0.2) is 0 Å². The molecule has 4 N–H and O–H groups in total. The molecule has 1 unspecified atom stereocenters. The van der Waals surface area contributed by atoms with Gasteiger partial charge in [0.2, 0.25) is 5.91 Å². The van der Waals surface area contributed by atoms with Crippen LogP contribution in [0.1, 0.15) is 40.5 Å². The van der Waals surface area contributed by atoms with Gasteiger partial charge in [-0.05, 0) is 19.3 Å². The summed E-state index contributed by atoms with van der Waals surface area (Å²) < 4.78 is 0. The van der Waals surface area contributed by atoms with E-state index < -0.39 is 23.5 Å². The Morgan fingerprint density at radius 2 is 1.94 bits per heavy atom. The topological polar surface area (TPSA) is 92.4 Å². The third-order valence-electron chi connectivity index (χ3n) is 2.51. The molecule has 94 valence electrons. The lowest BCUT2D eigenvalue weighted by Gasteiger charge is -2.26. The van der Waals surface area contributed by atoms with Gasteiger partial charge in [-0.1, -0.05) is 27.2 Å². The molecule has 0 aromatic carbocycles. The summed E-state index contributed by atoms with van der Waals surface area (Å²) in [7, 11) is 0. The standard InChI is InChI=1S/C11H22N2O3/c1-5-6-11(4,12)10(16)13-8(7(2)3)9(14)15/h7-8H,5-6,12H2,1-4H3,(H,13,16)(H,14,15)/t8-,11?/m0/s1. The maximum atomic E-state index is 11.8. The number of carboxylic acid groups (broad SMARTS) is 1. The van der Waals surface area contributed by atoms with Crippen molar-refractivity contribution in [3.05, 3.63) is 0 Å². The fourth-order valence-corrected chi connectivity index (χ4v) is 1.45. The number of hydrogen-bond acceptors (Lipinski definition) is 3. The van der Waals surface area contributed by atoms with Crippen LogP contribution in [-0.4, -0.2) is 28.6 Å². The van der Waals surface area contributed by atoms with Crippen LogP contribution in [0, 0.1) is 5.92 Å². The van der Waals surface area contributed by atoms with Gasteiger partial charge < -0.3 is 16.2 Å². The van der Waals surface area contributed by atoms with E-state index in [1.165, 1.54) is 0 Å². The van der Waals surface area contributed by atoms with Crippen LogP contribution in [0.3, 0.4) is 0 Å². The number of carbonyl (C=O) groups is 2. The summed E-state index contributed by atoms with van der Waals surface area (Å²) in [5, 5.41) is 11.4. The second kappa shape index (κ2) is 5.84. The van der Waals surface area contributed by atoms with E-state index in [2.05, 4.69) is 5.32 Å². The zero-order valence-electron chi connectivity index (χ0n) is 10.4. The lowest BCUT2D eigenvalue weighted by molar-refractivity contribution is -0.143. The summed E-state index contributed by atoms with van der Waals surface area (Å²) in [5.41, 5.74) is 4.81. The first-order valence-corrected chi connectivity index (χ1v) is 5.55. The highest BCUT2D eigenvalue weighted by molar-refractivity contribution is 5.89. The average molecular weight is 230 g/mol.